The second kappa shape index (κ2) is 7.13. The van der Waals surface area contributed by atoms with Crippen LogP contribution in [0.2, 0.25) is 0 Å². The highest BCUT2D eigenvalue weighted by Crippen LogP contribution is 2.38. The fraction of sp³-hybridized carbons (Fsp3) is 0.500. The first-order valence-corrected chi connectivity index (χ1v) is 7.98. The van der Waals surface area contributed by atoms with Crippen molar-refractivity contribution >= 4 is 18.3 Å². The maximum atomic E-state index is 12.8. The molecule has 25 heavy (non-hydrogen) atoms. The van der Waals surface area contributed by atoms with Crippen molar-refractivity contribution in [2.75, 3.05) is 13.7 Å². The average Bonchev–Trinajstić information content (AvgIpc) is 3.00. The fourth-order valence-corrected chi connectivity index (χ4v) is 2.52. The maximum Gasteiger partial charge on any atom is 0.358 e. The molecule has 0 radical (unpaired) electrons. The number of hydrogen-bond donors (Lipinski definition) is 0. The summed E-state index contributed by atoms with van der Waals surface area (Å²) in [6.45, 7) is 7.02. The molecule has 0 bridgehead atoms. The zero-order chi connectivity index (χ0) is 18.7. The molecule has 0 amide bonds. The number of aliphatic imine (C=N–C) groups is 1. The van der Waals surface area contributed by atoms with Crippen molar-refractivity contribution in [3.05, 3.63) is 29.8 Å². The van der Waals surface area contributed by atoms with Crippen LogP contribution in [0, 0.1) is 0 Å². The van der Waals surface area contributed by atoms with Gasteiger partial charge in [0.05, 0.1) is 13.7 Å². The molecule has 1 aromatic carbocycles. The zero-order valence-electron chi connectivity index (χ0n) is 15.1. The Labute approximate surface area is 146 Å². The van der Waals surface area contributed by atoms with E-state index in [9.17, 15) is 9.59 Å². The van der Waals surface area contributed by atoms with E-state index in [-0.39, 0.29) is 6.61 Å². The van der Waals surface area contributed by atoms with Gasteiger partial charge in [-0.3, -0.25) is 0 Å². The highest BCUT2D eigenvalue weighted by molar-refractivity contribution is 5.94. The highest BCUT2D eigenvalue weighted by Gasteiger charge is 2.58. The van der Waals surface area contributed by atoms with Crippen LogP contribution in [0.5, 0.6) is 5.75 Å². The molecule has 0 fully saturated rings. The molecule has 1 aliphatic rings. The summed E-state index contributed by atoms with van der Waals surface area (Å²) in [5.41, 5.74) is -2.07. The summed E-state index contributed by atoms with van der Waals surface area (Å²) in [6.07, 6.45) is 1.09. The molecule has 1 aliphatic heterocycles. The SMILES string of the molecule is CCOC(=O)[C@]1(c2cccc(OC)c2)OC=N[C@@H]1C(=O)OC(C)(C)C. The lowest BCUT2D eigenvalue weighted by molar-refractivity contribution is -0.175. The number of carbonyl (C=O) groups excluding carboxylic acids is 2. The van der Waals surface area contributed by atoms with Crippen molar-refractivity contribution in [2.24, 2.45) is 4.99 Å². The number of hydrogen-bond acceptors (Lipinski definition) is 7. The van der Waals surface area contributed by atoms with Crippen LogP contribution in [-0.4, -0.2) is 43.7 Å². The third-order valence-electron chi connectivity index (χ3n) is 3.54. The molecule has 136 valence electrons. The van der Waals surface area contributed by atoms with Gasteiger partial charge in [-0.25, -0.2) is 14.6 Å². The first kappa shape index (κ1) is 18.8. The maximum absolute atomic E-state index is 12.8. The number of nitrogens with zero attached hydrogens (tertiary/aromatic N) is 1. The topological polar surface area (TPSA) is 83.4 Å². The Bertz CT molecular complexity index is 678. The number of rotatable bonds is 5. The highest BCUT2D eigenvalue weighted by atomic mass is 16.6. The number of methoxy groups -OCH3 is 1. The third-order valence-corrected chi connectivity index (χ3v) is 3.54. The van der Waals surface area contributed by atoms with Crippen LogP contribution in [-0.2, 0) is 29.4 Å². The normalized spacial score (nSPS) is 22.2. The van der Waals surface area contributed by atoms with Gasteiger partial charge in [0.15, 0.2) is 6.40 Å². The summed E-state index contributed by atoms with van der Waals surface area (Å²) in [7, 11) is 1.51. The van der Waals surface area contributed by atoms with Crippen LogP contribution in [0.4, 0.5) is 0 Å². The fourth-order valence-electron chi connectivity index (χ4n) is 2.52. The Kier molecular flexibility index (Phi) is 5.35. The second-order valence-corrected chi connectivity index (χ2v) is 6.50. The summed E-state index contributed by atoms with van der Waals surface area (Å²) in [4.78, 5) is 29.5. The molecule has 0 aliphatic carbocycles. The Morgan fingerprint density at radius 3 is 2.64 bits per heavy atom. The van der Waals surface area contributed by atoms with E-state index in [0.29, 0.717) is 11.3 Å². The smallest absolute Gasteiger partial charge is 0.358 e. The molecular formula is C18H23NO6. The quantitative estimate of drug-likeness (QED) is 0.758. The van der Waals surface area contributed by atoms with Crippen molar-refractivity contribution < 1.29 is 28.5 Å². The predicted molar refractivity (Wildman–Crippen MR) is 90.5 cm³/mol. The molecule has 2 rings (SSSR count). The van der Waals surface area contributed by atoms with E-state index in [1.807, 2.05) is 0 Å². The van der Waals surface area contributed by atoms with Gasteiger partial charge in [-0.15, -0.1) is 0 Å². The van der Waals surface area contributed by atoms with Crippen molar-refractivity contribution in [1.29, 1.82) is 0 Å². The number of ether oxygens (including phenoxy) is 4. The standard InChI is InChI=1S/C18H23NO6/c1-6-23-16(21)18(12-8-7-9-13(10-12)22-5)14(19-11-24-18)15(20)25-17(2,3)4/h7-11,14H,6H2,1-5H3/t14-,18-/m1/s1. The van der Waals surface area contributed by atoms with Gasteiger partial charge in [0.25, 0.3) is 5.60 Å². The van der Waals surface area contributed by atoms with E-state index < -0.39 is 29.2 Å². The average molecular weight is 349 g/mol. The van der Waals surface area contributed by atoms with Crippen LogP contribution >= 0.6 is 0 Å². The molecule has 0 N–H and O–H groups in total. The second-order valence-electron chi connectivity index (χ2n) is 6.50. The van der Waals surface area contributed by atoms with Gasteiger partial charge in [0.2, 0.25) is 6.04 Å². The summed E-state index contributed by atoms with van der Waals surface area (Å²) < 4.78 is 21.4. The summed E-state index contributed by atoms with van der Waals surface area (Å²) in [5, 5.41) is 0. The molecule has 1 heterocycles. The lowest BCUT2D eigenvalue weighted by atomic mass is 9.86. The van der Waals surface area contributed by atoms with Gasteiger partial charge in [0, 0.05) is 5.56 Å². The largest absolute Gasteiger partial charge is 0.497 e. The number of carbonyl (C=O) groups is 2. The summed E-state index contributed by atoms with van der Waals surface area (Å²) in [6, 6.07) is 5.48. The van der Waals surface area contributed by atoms with E-state index in [4.69, 9.17) is 18.9 Å². The van der Waals surface area contributed by atoms with E-state index in [1.54, 1.807) is 52.0 Å². The van der Waals surface area contributed by atoms with Crippen LogP contribution in [0.1, 0.15) is 33.3 Å². The van der Waals surface area contributed by atoms with Crippen LogP contribution < -0.4 is 4.74 Å². The lowest BCUT2D eigenvalue weighted by Gasteiger charge is -2.31. The van der Waals surface area contributed by atoms with Gasteiger partial charge in [-0.2, -0.15) is 0 Å². The summed E-state index contributed by atoms with van der Waals surface area (Å²) in [5.74, 6) is -0.867. The van der Waals surface area contributed by atoms with Crippen LogP contribution in [0.25, 0.3) is 0 Å². The van der Waals surface area contributed by atoms with Crippen LogP contribution in [0.3, 0.4) is 0 Å². The minimum Gasteiger partial charge on any atom is -0.497 e. The monoisotopic (exact) mass is 349 g/mol. The molecule has 0 unspecified atom stereocenters. The van der Waals surface area contributed by atoms with Gasteiger partial charge < -0.3 is 18.9 Å². The van der Waals surface area contributed by atoms with E-state index in [0.717, 1.165) is 6.40 Å². The molecule has 7 nitrogen and oxygen atoms in total. The molecule has 7 heteroatoms. The van der Waals surface area contributed by atoms with Crippen molar-refractivity contribution in [3.63, 3.8) is 0 Å². The van der Waals surface area contributed by atoms with Crippen molar-refractivity contribution in [3.8, 4) is 5.75 Å². The van der Waals surface area contributed by atoms with Gasteiger partial charge >= 0.3 is 11.9 Å². The zero-order valence-corrected chi connectivity index (χ0v) is 15.1. The number of esters is 2. The molecule has 0 saturated carbocycles. The number of benzene rings is 1. The first-order chi connectivity index (χ1) is 11.7. The Balaban J connectivity index is 2.51. The Morgan fingerprint density at radius 1 is 1.32 bits per heavy atom. The van der Waals surface area contributed by atoms with Crippen LogP contribution in [0.15, 0.2) is 29.3 Å². The van der Waals surface area contributed by atoms with Gasteiger partial charge in [-0.05, 0) is 39.8 Å². The third kappa shape index (κ3) is 3.75. The molecular weight excluding hydrogens is 326 g/mol. The molecule has 0 spiro atoms. The van der Waals surface area contributed by atoms with E-state index in [1.165, 1.54) is 7.11 Å². The van der Waals surface area contributed by atoms with Gasteiger partial charge in [0.1, 0.15) is 11.4 Å². The van der Waals surface area contributed by atoms with Crippen molar-refractivity contribution in [1.82, 2.24) is 0 Å². The van der Waals surface area contributed by atoms with Gasteiger partial charge in [-0.1, -0.05) is 12.1 Å². The molecule has 1 aromatic rings. The Hall–Kier alpha value is -2.57. The van der Waals surface area contributed by atoms with E-state index in [2.05, 4.69) is 4.99 Å². The summed E-state index contributed by atoms with van der Waals surface area (Å²) >= 11 is 0. The predicted octanol–water partition coefficient (Wildman–Crippen LogP) is 2.22. The molecule has 2 atom stereocenters. The minimum absolute atomic E-state index is 0.134. The first-order valence-electron chi connectivity index (χ1n) is 7.98. The van der Waals surface area contributed by atoms with Crippen molar-refractivity contribution in [2.45, 2.75) is 44.9 Å². The molecule has 0 aromatic heterocycles. The minimum atomic E-state index is -1.74. The molecule has 0 saturated heterocycles. The lowest BCUT2D eigenvalue weighted by Crippen LogP contribution is -2.51. The van der Waals surface area contributed by atoms with E-state index >= 15 is 0 Å². The Morgan fingerprint density at radius 2 is 2.04 bits per heavy atom.